The number of amides is 1. The summed E-state index contributed by atoms with van der Waals surface area (Å²) in [5, 5.41) is 0. The van der Waals surface area contributed by atoms with Gasteiger partial charge in [-0.3, -0.25) is 14.5 Å². The van der Waals surface area contributed by atoms with Crippen LogP contribution in [0.25, 0.3) is 0 Å². The zero-order chi connectivity index (χ0) is 14.4. The predicted molar refractivity (Wildman–Crippen MR) is 76.2 cm³/mol. The van der Waals surface area contributed by atoms with Gasteiger partial charge in [-0.25, -0.2) is 0 Å². The number of carbonyl (C=O) groups is 2. The molecule has 0 bridgehead atoms. The molecule has 5 heteroatoms. The van der Waals surface area contributed by atoms with E-state index in [9.17, 15) is 9.59 Å². The number of hydrogen-bond donors (Lipinski definition) is 0. The van der Waals surface area contributed by atoms with Gasteiger partial charge in [0.15, 0.2) is 0 Å². The minimum atomic E-state index is -0.108. The van der Waals surface area contributed by atoms with Gasteiger partial charge in [0.05, 0.1) is 19.6 Å². The highest BCUT2D eigenvalue weighted by Crippen LogP contribution is 2.18. The monoisotopic (exact) mass is 282 g/mol. The molecule has 0 aliphatic carbocycles. The van der Waals surface area contributed by atoms with Crippen LogP contribution in [0.4, 0.5) is 0 Å². The van der Waals surface area contributed by atoms with Crippen molar-refractivity contribution in [3.63, 3.8) is 0 Å². The lowest BCUT2D eigenvalue weighted by Gasteiger charge is -2.31. The van der Waals surface area contributed by atoms with E-state index in [1.165, 1.54) is 20.0 Å². The first-order chi connectivity index (χ1) is 9.70. The summed E-state index contributed by atoms with van der Waals surface area (Å²) in [5.41, 5.74) is 0. The van der Waals surface area contributed by atoms with E-state index >= 15 is 0 Å². The lowest BCUT2D eigenvalue weighted by molar-refractivity contribution is -0.147. The van der Waals surface area contributed by atoms with Crippen LogP contribution in [0.5, 0.6) is 0 Å². The number of methoxy groups -OCH3 is 1. The van der Waals surface area contributed by atoms with Crippen LogP contribution in [0.1, 0.15) is 38.5 Å². The summed E-state index contributed by atoms with van der Waals surface area (Å²) < 4.78 is 4.78. The smallest absolute Gasteiger partial charge is 0.308 e. The number of ether oxygens (including phenoxy) is 1. The molecule has 2 saturated heterocycles. The maximum Gasteiger partial charge on any atom is 0.308 e. The van der Waals surface area contributed by atoms with Crippen molar-refractivity contribution in [1.82, 2.24) is 9.80 Å². The van der Waals surface area contributed by atoms with Crippen LogP contribution < -0.4 is 0 Å². The second-order valence-corrected chi connectivity index (χ2v) is 5.87. The van der Waals surface area contributed by atoms with Crippen molar-refractivity contribution < 1.29 is 14.3 Å². The Balaban J connectivity index is 1.74. The third kappa shape index (κ3) is 4.20. The standard InChI is InChI=1S/C15H26N2O3/c1-20-15(19)13-6-10-16(11-7-13)12-14(18)17-8-4-2-3-5-9-17/h13H,2-12H2,1H3. The van der Waals surface area contributed by atoms with E-state index in [2.05, 4.69) is 4.90 Å². The molecule has 0 unspecified atom stereocenters. The van der Waals surface area contributed by atoms with Gasteiger partial charge in [-0.2, -0.15) is 0 Å². The first-order valence-corrected chi connectivity index (χ1v) is 7.78. The predicted octanol–water partition coefficient (Wildman–Crippen LogP) is 1.27. The second kappa shape index (κ2) is 7.62. The summed E-state index contributed by atoms with van der Waals surface area (Å²) in [4.78, 5) is 27.9. The molecule has 0 spiro atoms. The summed E-state index contributed by atoms with van der Waals surface area (Å²) in [5.74, 6) is 0.163. The maximum absolute atomic E-state index is 12.3. The fourth-order valence-corrected chi connectivity index (χ4v) is 3.10. The van der Waals surface area contributed by atoms with Crippen molar-refractivity contribution >= 4 is 11.9 Å². The van der Waals surface area contributed by atoms with E-state index in [1.807, 2.05) is 4.90 Å². The van der Waals surface area contributed by atoms with Gasteiger partial charge >= 0.3 is 5.97 Å². The molecular formula is C15H26N2O3. The number of nitrogens with zero attached hydrogens (tertiary/aromatic N) is 2. The summed E-state index contributed by atoms with van der Waals surface area (Å²) >= 11 is 0. The largest absolute Gasteiger partial charge is 0.469 e. The third-order valence-electron chi connectivity index (χ3n) is 4.44. The summed E-state index contributed by atoms with van der Waals surface area (Å²) in [7, 11) is 1.44. The number of hydrogen-bond acceptors (Lipinski definition) is 4. The lowest BCUT2D eigenvalue weighted by Crippen LogP contribution is -2.44. The Bertz CT molecular complexity index is 330. The molecule has 2 fully saturated rings. The van der Waals surface area contributed by atoms with Crippen LogP contribution in [0.3, 0.4) is 0 Å². The molecule has 1 amide bonds. The second-order valence-electron chi connectivity index (χ2n) is 5.87. The average Bonchev–Trinajstić information content (AvgIpc) is 2.76. The van der Waals surface area contributed by atoms with Gasteiger partial charge in [0, 0.05) is 13.1 Å². The molecule has 20 heavy (non-hydrogen) atoms. The average molecular weight is 282 g/mol. The normalized spacial score (nSPS) is 22.4. The zero-order valence-corrected chi connectivity index (χ0v) is 12.5. The molecule has 5 nitrogen and oxygen atoms in total. The van der Waals surface area contributed by atoms with Gasteiger partial charge in [0.2, 0.25) is 5.91 Å². The van der Waals surface area contributed by atoms with Gasteiger partial charge in [-0.15, -0.1) is 0 Å². The summed E-state index contributed by atoms with van der Waals surface area (Å²) in [6, 6.07) is 0. The van der Waals surface area contributed by atoms with Crippen LogP contribution >= 0.6 is 0 Å². The molecule has 114 valence electrons. The first kappa shape index (κ1) is 15.3. The van der Waals surface area contributed by atoms with Crippen LogP contribution in [0.2, 0.25) is 0 Å². The van der Waals surface area contributed by atoms with E-state index in [-0.39, 0.29) is 17.8 Å². The molecule has 0 aromatic heterocycles. The minimum Gasteiger partial charge on any atom is -0.469 e. The van der Waals surface area contributed by atoms with Gasteiger partial charge in [-0.1, -0.05) is 12.8 Å². The van der Waals surface area contributed by atoms with Crippen molar-refractivity contribution in [3.8, 4) is 0 Å². The highest BCUT2D eigenvalue weighted by Gasteiger charge is 2.27. The fourth-order valence-electron chi connectivity index (χ4n) is 3.10. The highest BCUT2D eigenvalue weighted by atomic mass is 16.5. The van der Waals surface area contributed by atoms with Gasteiger partial charge in [0.1, 0.15) is 0 Å². The quantitative estimate of drug-likeness (QED) is 0.732. The van der Waals surface area contributed by atoms with Gasteiger partial charge < -0.3 is 9.64 Å². The number of likely N-dealkylation sites (tertiary alicyclic amines) is 2. The molecule has 0 N–H and O–H groups in total. The van der Waals surface area contributed by atoms with E-state index < -0.39 is 0 Å². The Labute approximate surface area is 121 Å². The lowest BCUT2D eigenvalue weighted by atomic mass is 9.97. The highest BCUT2D eigenvalue weighted by molar-refractivity contribution is 5.78. The molecule has 0 aromatic rings. The van der Waals surface area contributed by atoms with E-state index in [0.29, 0.717) is 6.54 Å². The Morgan fingerprint density at radius 3 is 2.15 bits per heavy atom. The van der Waals surface area contributed by atoms with Crippen molar-refractivity contribution in [2.45, 2.75) is 38.5 Å². The van der Waals surface area contributed by atoms with E-state index in [1.54, 1.807) is 0 Å². The zero-order valence-electron chi connectivity index (χ0n) is 12.5. The fraction of sp³-hybridized carbons (Fsp3) is 0.867. The molecule has 2 heterocycles. The number of carbonyl (C=O) groups excluding carboxylic acids is 2. The molecular weight excluding hydrogens is 256 g/mol. The number of esters is 1. The van der Waals surface area contributed by atoms with Crippen LogP contribution in [-0.4, -0.2) is 61.5 Å². The third-order valence-corrected chi connectivity index (χ3v) is 4.44. The van der Waals surface area contributed by atoms with Crippen LogP contribution in [-0.2, 0) is 14.3 Å². The molecule has 2 aliphatic heterocycles. The Morgan fingerprint density at radius 2 is 1.60 bits per heavy atom. The Morgan fingerprint density at radius 1 is 1.00 bits per heavy atom. The molecule has 0 radical (unpaired) electrons. The number of piperidine rings is 1. The maximum atomic E-state index is 12.3. The molecule has 0 aromatic carbocycles. The summed E-state index contributed by atoms with van der Waals surface area (Å²) in [6.45, 7) is 3.97. The van der Waals surface area contributed by atoms with Crippen molar-refractivity contribution in [2.75, 3.05) is 39.8 Å². The molecule has 0 atom stereocenters. The van der Waals surface area contributed by atoms with Crippen molar-refractivity contribution in [1.29, 1.82) is 0 Å². The van der Waals surface area contributed by atoms with Crippen LogP contribution in [0.15, 0.2) is 0 Å². The van der Waals surface area contributed by atoms with Crippen molar-refractivity contribution in [3.05, 3.63) is 0 Å². The van der Waals surface area contributed by atoms with Crippen molar-refractivity contribution in [2.24, 2.45) is 5.92 Å². The van der Waals surface area contributed by atoms with Gasteiger partial charge in [0.25, 0.3) is 0 Å². The topological polar surface area (TPSA) is 49.9 Å². The Kier molecular flexibility index (Phi) is 5.83. The Hall–Kier alpha value is -1.10. The van der Waals surface area contributed by atoms with E-state index in [4.69, 9.17) is 4.74 Å². The molecule has 0 saturated carbocycles. The van der Waals surface area contributed by atoms with Crippen LogP contribution in [0, 0.1) is 5.92 Å². The molecule has 2 aliphatic rings. The molecule has 2 rings (SSSR count). The summed E-state index contributed by atoms with van der Waals surface area (Å²) in [6.07, 6.45) is 6.37. The number of rotatable bonds is 3. The first-order valence-electron chi connectivity index (χ1n) is 7.78. The van der Waals surface area contributed by atoms with E-state index in [0.717, 1.165) is 51.9 Å². The van der Waals surface area contributed by atoms with Gasteiger partial charge in [-0.05, 0) is 38.8 Å². The SMILES string of the molecule is COC(=O)C1CCN(CC(=O)N2CCCCCC2)CC1. The minimum absolute atomic E-state index is 0.0181.